The Morgan fingerprint density at radius 3 is 2.73 bits per heavy atom. The summed E-state index contributed by atoms with van der Waals surface area (Å²) in [6.45, 7) is 4.90. The summed E-state index contributed by atoms with van der Waals surface area (Å²) in [5, 5.41) is 2.01. The van der Waals surface area contributed by atoms with Crippen LogP contribution in [0.3, 0.4) is 0 Å². The number of rotatable bonds is 0. The Kier molecular flexibility index (Phi) is 1.95. The Morgan fingerprint density at radius 1 is 1.18 bits per heavy atom. The zero-order valence-corrected chi connectivity index (χ0v) is 8.41. The molecule has 2 unspecified atom stereocenters. The zero-order chi connectivity index (χ0) is 7.90. The lowest BCUT2D eigenvalue weighted by Crippen LogP contribution is -2.37. The first-order chi connectivity index (χ1) is 5.18. The van der Waals surface area contributed by atoms with E-state index in [1.165, 1.54) is 32.1 Å². The third-order valence-electron chi connectivity index (χ3n) is 3.33. The highest BCUT2D eigenvalue weighted by molar-refractivity contribution is 8.00. The minimum atomic E-state index is 0.640. The normalized spacial score (nSPS) is 42.0. The number of fused-ring (bicyclic) bond motifs is 2. The Balaban J connectivity index is 2.09. The smallest absolute Gasteiger partial charge is 0.0101 e. The summed E-state index contributed by atoms with van der Waals surface area (Å²) >= 11 is 2.28. The molecule has 2 heterocycles. The van der Waals surface area contributed by atoms with Crippen LogP contribution in [0.25, 0.3) is 0 Å². The predicted molar refractivity (Wildman–Crippen MR) is 52.0 cm³/mol. The summed E-state index contributed by atoms with van der Waals surface area (Å²) in [6, 6.07) is 0. The molecule has 0 radical (unpaired) electrons. The van der Waals surface area contributed by atoms with E-state index in [-0.39, 0.29) is 0 Å². The fourth-order valence-corrected chi connectivity index (χ4v) is 4.19. The quantitative estimate of drug-likeness (QED) is 0.536. The second-order valence-corrected chi connectivity index (χ2v) is 6.21. The lowest BCUT2D eigenvalue weighted by atomic mass is 9.78. The van der Waals surface area contributed by atoms with Crippen molar-refractivity contribution >= 4 is 11.8 Å². The average molecular weight is 170 g/mol. The molecule has 2 bridgehead atoms. The molecule has 0 aromatic rings. The van der Waals surface area contributed by atoms with Crippen molar-refractivity contribution in [2.75, 3.05) is 0 Å². The molecule has 0 aromatic carbocycles. The van der Waals surface area contributed by atoms with E-state index in [1.54, 1.807) is 0 Å². The average Bonchev–Trinajstić information content (AvgIpc) is 2.00. The minimum absolute atomic E-state index is 0.640. The van der Waals surface area contributed by atoms with Crippen LogP contribution >= 0.6 is 11.8 Å². The van der Waals surface area contributed by atoms with E-state index in [0.717, 1.165) is 10.5 Å². The highest BCUT2D eigenvalue weighted by Crippen LogP contribution is 2.50. The molecule has 0 aliphatic carbocycles. The highest BCUT2D eigenvalue weighted by Gasteiger charge is 2.38. The molecule has 64 valence electrons. The van der Waals surface area contributed by atoms with Crippen LogP contribution in [0, 0.1) is 5.41 Å². The van der Waals surface area contributed by atoms with E-state index < -0.39 is 0 Å². The summed E-state index contributed by atoms with van der Waals surface area (Å²) in [7, 11) is 0. The summed E-state index contributed by atoms with van der Waals surface area (Å²) in [5.74, 6) is 0. The minimum Gasteiger partial charge on any atom is -0.155 e. The molecule has 0 nitrogen and oxygen atoms in total. The molecule has 0 amide bonds. The summed E-state index contributed by atoms with van der Waals surface area (Å²) in [4.78, 5) is 0. The highest BCUT2D eigenvalue weighted by atomic mass is 32.2. The van der Waals surface area contributed by atoms with Gasteiger partial charge in [-0.15, -0.1) is 0 Å². The Morgan fingerprint density at radius 2 is 2.00 bits per heavy atom. The lowest BCUT2D eigenvalue weighted by Gasteiger charge is -2.45. The van der Waals surface area contributed by atoms with Gasteiger partial charge in [-0.1, -0.05) is 20.3 Å². The van der Waals surface area contributed by atoms with Crippen LogP contribution in [0.1, 0.15) is 46.0 Å². The van der Waals surface area contributed by atoms with Gasteiger partial charge in [0.1, 0.15) is 0 Å². The fraction of sp³-hybridized carbons (Fsp3) is 1.00. The molecule has 2 aliphatic rings. The Hall–Kier alpha value is 0.350. The van der Waals surface area contributed by atoms with Gasteiger partial charge in [0, 0.05) is 10.5 Å². The van der Waals surface area contributed by atoms with Crippen molar-refractivity contribution in [2.45, 2.75) is 56.5 Å². The number of hydrogen-bond acceptors (Lipinski definition) is 1. The van der Waals surface area contributed by atoms with Crippen LogP contribution in [-0.4, -0.2) is 10.5 Å². The van der Waals surface area contributed by atoms with Gasteiger partial charge in [-0.3, -0.25) is 0 Å². The maximum absolute atomic E-state index is 2.45. The van der Waals surface area contributed by atoms with Gasteiger partial charge in [0.05, 0.1) is 0 Å². The molecule has 2 saturated heterocycles. The van der Waals surface area contributed by atoms with Crippen molar-refractivity contribution in [2.24, 2.45) is 5.41 Å². The summed E-state index contributed by atoms with van der Waals surface area (Å²) in [6.07, 6.45) is 7.42. The van der Waals surface area contributed by atoms with E-state index in [2.05, 4.69) is 25.6 Å². The van der Waals surface area contributed by atoms with E-state index in [1.807, 2.05) is 0 Å². The van der Waals surface area contributed by atoms with Crippen molar-refractivity contribution in [3.05, 3.63) is 0 Å². The van der Waals surface area contributed by atoms with Crippen LogP contribution in [0.15, 0.2) is 0 Å². The molecular weight excluding hydrogens is 152 g/mol. The van der Waals surface area contributed by atoms with Gasteiger partial charge in [0.15, 0.2) is 0 Å². The van der Waals surface area contributed by atoms with Crippen LogP contribution in [0.2, 0.25) is 0 Å². The lowest BCUT2D eigenvalue weighted by molar-refractivity contribution is 0.262. The zero-order valence-electron chi connectivity index (χ0n) is 7.60. The maximum atomic E-state index is 2.45. The van der Waals surface area contributed by atoms with Gasteiger partial charge in [0.25, 0.3) is 0 Å². The van der Waals surface area contributed by atoms with Crippen molar-refractivity contribution in [3.8, 4) is 0 Å². The molecule has 0 aromatic heterocycles. The third kappa shape index (κ3) is 1.44. The first-order valence-electron chi connectivity index (χ1n) is 4.84. The topological polar surface area (TPSA) is 0 Å². The van der Waals surface area contributed by atoms with Gasteiger partial charge in [-0.05, 0) is 31.1 Å². The first-order valence-corrected chi connectivity index (χ1v) is 5.78. The predicted octanol–water partition coefficient (Wildman–Crippen LogP) is 3.46. The van der Waals surface area contributed by atoms with Gasteiger partial charge >= 0.3 is 0 Å². The second-order valence-electron chi connectivity index (χ2n) is 4.70. The standard InChI is InChI=1S/C10H18S/c1-10(2)7-6-8-4-3-5-9(10)11-8/h8-9H,3-7H2,1-2H3. The molecule has 11 heavy (non-hydrogen) atoms. The molecule has 0 saturated carbocycles. The summed E-state index contributed by atoms with van der Waals surface area (Å²) < 4.78 is 0. The molecule has 2 atom stereocenters. The van der Waals surface area contributed by atoms with E-state index in [0.29, 0.717) is 5.41 Å². The van der Waals surface area contributed by atoms with Crippen LogP contribution in [0.4, 0.5) is 0 Å². The molecule has 2 aliphatic heterocycles. The van der Waals surface area contributed by atoms with Gasteiger partial charge < -0.3 is 0 Å². The molecule has 2 fully saturated rings. The van der Waals surface area contributed by atoms with Gasteiger partial charge in [-0.25, -0.2) is 0 Å². The SMILES string of the molecule is CC1(C)CCC2CCCC1S2. The number of thioether (sulfide) groups is 1. The van der Waals surface area contributed by atoms with Gasteiger partial charge in [-0.2, -0.15) is 11.8 Å². The van der Waals surface area contributed by atoms with Gasteiger partial charge in [0.2, 0.25) is 0 Å². The van der Waals surface area contributed by atoms with E-state index >= 15 is 0 Å². The molecule has 0 N–H and O–H groups in total. The van der Waals surface area contributed by atoms with Crippen LogP contribution < -0.4 is 0 Å². The molecule has 2 rings (SSSR count). The Bertz CT molecular complexity index is 151. The Labute approximate surface area is 74.1 Å². The molecule has 0 spiro atoms. The third-order valence-corrected chi connectivity index (χ3v) is 5.39. The van der Waals surface area contributed by atoms with Crippen molar-refractivity contribution in [3.63, 3.8) is 0 Å². The van der Waals surface area contributed by atoms with Crippen LogP contribution in [0.5, 0.6) is 0 Å². The fourth-order valence-electron chi connectivity index (χ4n) is 2.38. The second kappa shape index (κ2) is 2.69. The molecule has 1 heteroatoms. The van der Waals surface area contributed by atoms with Crippen molar-refractivity contribution in [1.29, 1.82) is 0 Å². The van der Waals surface area contributed by atoms with Crippen molar-refractivity contribution < 1.29 is 0 Å². The number of hydrogen-bond donors (Lipinski definition) is 0. The summed E-state index contributed by atoms with van der Waals surface area (Å²) in [5.41, 5.74) is 0.640. The molecular formula is C10H18S. The first kappa shape index (κ1) is 7.97. The van der Waals surface area contributed by atoms with Crippen LogP contribution in [-0.2, 0) is 0 Å². The monoisotopic (exact) mass is 170 g/mol. The maximum Gasteiger partial charge on any atom is 0.0101 e. The van der Waals surface area contributed by atoms with Crippen molar-refractivity contribution in [1.82, 2.24) is 0 Å². The van der Waals surface area contributed by atoms with E-state index in [4.69, 9.17) is 0 Å². The largest absolute Gasteiger partial charge is 0.155 e. The van der Waals surface area contributed by atoms with E-state index in [9.17, 15) is 0 Å².